The van der Waals surface area contributed by atoms with Crippen molar-refractivity contribution in [3.8, 4) is 6.07 Å². The van der Waals surface area contributed by atoms with Crippen LogP contribution in [0.5, 0.6) is 0 Å². The fourth-order valence-electron chi connectivity index (χ4n) is 2.55. The molecule has 0 bridgehead atoms. The number of anilines is 2. The van der Waals surface area contributed by atoms with Crippen LogP contribution in [0.25, 0.3) is 0 Å². The minimum Gasteiger partial charge on any atom is -0.397 e. The van der Waals surface area contributed by atoms with E-state index in [9.17, 15) is 5.11 Å². The predicted octanol–water partition coefficient (Wildman–Crippen LogP) is 1.88. The molecule has 0 saturated carbocycles. The Morgan fingerprint density at radius 3 is 2.94 bits per heavy atom. The summed E-state index contributed by atoms with van der Waals surface area (Å²) in [4.78, 5) is 2.16. The van der Waals surface area contributed by atoms with Crippen LogP contribution in [0.4, 0.5) is 11.4 Å². The van der Waals surface area contributed by atoms with Crippen LogP contribution < -0.4 is 10.6 Å². The molecular formula is C14H19N3O. The number of nitrogens with zero attached hydrogens (tertiary/aromatic N) is 2. The number of rotatable bonds is 2. The molecule has 0 aliphatic carbocycles. The van der Waals surface area contributed by atoms with E-state index in [-0.39, 0.29) is 12.6 Å². The maximum atomic E-state index is 9.52. The molecule has 0 radical (unpaired) electrons. The Morgan fingerprint density at radius 1 is 1.39 bits per heavy atom. The molecule has 0 aromatic heterocycles. The zero-order valence-corrected chi connectivity index (χ0v) is 10.5. The summed E-state index contributed by atoms with van der Waals surface area (Å²) in [5.41, 5.74) is 8.18. The van der Waals surface area contributed by atoms with Crippen LogP contribution >= 0.6 is 0 Å². The van der Waals surface area contributed by atoms with Crippen LogP contribution in [-0.2, 0) is 0 Å². The van der Waals surface area contributed by atoms with Gasteiger partial charge in [-0.25, -0.2) is 0 Å². The first-order chi connectivity index (χ1) is 8.76. The van der Waals surface area contributed by atoms with Crippen LogP contribution in [0, 0.1) is 11.3 Å². The van der Waals surface area contributed by atoms with Crippen LogP contribution in [-0.4, -0.2) is 24.3 Å². The molecule has 1 heterocycles. The summed E-state index contributed by atoms with van der Waals surface area (Å²) in [7, 11) is 0. The Labute approximate surface area is 108 Å². The van der Waals surface area contributed by atoms with Gasteiger partial charge in [0.2, 0.25) is 0 Å². The highest BCUT2D eigenvalue weighted by atomic mass is 16.3. The number of hydrogen-bond donors (Lipinski definition) is 2. The highest BCUT2D eigenvalue weighted by Crippen LogP contribution is 2.29. The lowest BCUT2D eigenvalue weighted by Gasteiger charge is -2.31. The third-order valence-corrected chi connectivity index (χ3v) is 3.56. The first-order valence-corrected chi connectivity index (χ1v) is 6.43. The molecule has 2 rings (SSSR count). The van der Waals surface area contributed by atoms with Gasteiger partial charge >= 0.3 is 0 Å². The second kappa shape index (κ2) is 5.74. The molecular weight excluding hydrogens is 226 g/mol. The number of aliphatic hydroxyl groups excluding tert-OH is 1. The van der Waals surface area contributed by atoms with Gasteiger partial charge in [0.05, 0.1) is 35.7 Å². The molecule has 4 nitrogen and oxygen atoms in total. The van der Waals surface area contributed by atoms with Crippen molar-refractivity contribution in [2.75, 3.05) is 23.8 Å². The van der Waals surface area contributed by atoms with Crippen molar-refractivity contribution in [1.29, 1.82) is 5.26 Å². The molecule has 4 heteroatoms. The molecule has 1 unspecified atom stereocenters. The number of nitrogens with two attached hydrogens (primary N) is 1. The zero-order chi connectivity index (χ0) is 13.0. The highest BCUT2D eigenvalue weighted by molar-refractivity contribution is 5.70. The molecule has 1 aromatic rings. The van der Waals surface area contributed by atoms with E-state index in [1.807, 2.05) is 6.07 Å². The van der Waals surface area contributed by atoms with E-state index in [4.69, 9.17) is 11.0 Å². The van der Waals surface area contributed by atoms with E-state index in [1.165, 1.54) is 6.42 Å². The van der Waals surface area contributed by atoms with Gasteiger partial charge in [-0.2, -0.15) is 5.26 Å². The molecule has 1 saturated heterocycles. The van der Waals surface area contributed by atoms with Crippen LogP contribution in [0.3, 0.4) is 0 Å². The second-order valence-corrected chi connectivity index (χ2v) is 4.76. The van der Waals surface area contributed by atoms with Gasteiger partial charge in [0, 0.05) is 6.54 Å². The molecule has 1 aromatic carbocycles. The van der Waals surface area contributed by atoms with Crippen LogP contribution in [0.2, 0.25) is 0 Å². The van der Waals surface area contributed by atoms with Crippen LogP contribution in [0.15, 0.2) is 18.2 Å². The van der Waals surface area contributed by atoms with E-state index in [0.29, 0.717) is 11.3 Å². The van der Waals surface area contributed by atoms with Gasteiger partial charge in [0.15, 0.2) is 0 Å². The van der Waals surface area contributed by atoms with Crippen molar-refractivity contribution >= 4 is 11.4 Å². The summed E-state index contributed by atoms with van der Waals surface area (Å²) in [5.74, 6) is 0. The van der Waals surface area contributed by atoms with Crippen LogP contribution in [0.1, 0.15) is 31.2 Å². The number of nitriles is 1. The van der Waals surface area contributed by atoms with Crippen molar-refractivity contribution < 1.29 is 5.11 Å². The average molecular weight is 245 g/mol. The topological polar surface area (TPSA) is 73.3 Å². The Kier molecular flexibility index (Phi) is 4.06. The molecule has 1 atom stereocenters. The average Bonchev–Trinajstić information content (AvgIpc) is 2.64. The van der Waals surface area contributed by atoms with Crippen molar-refractivity contribution in [3.63, 3.8) is 0 Å². The Bertz CT molecular complexity index is 453. The van der Waals surface area contributed by atoms with Gasteiger partial charge in [0.25, 0.3) is 0 Å². The largest absolute Gasteiger partial charge is 0.397 e. The lowest BCUT2D eigenvalue weighted by atomic mass is 10.1. The van der Waals surface area contributed by atoms with E-state index < -0.39 is 0 Å². The van der Waals surface area contributed by atoms with Crippen molar-refractivity contribution in [2.24, 2.45) is 0 Å². The fraction of sp³-hybridized carbons (Fsp3) is 0.500. The number of nitrogen functional groups attached to an aromatic ring is 1. The van der Waals surface area contributed by atoms with Crippen molar-refractivity contribution in [2.45, 2.75) is 31.7 Å². The molecule has 0 spiro atoms. The van der Waals surface area contributed by atoms with Gasteiger partial charge in [0.1, 0.15) is 0 Å². The maximum Gasteiger partial charge on any atom is 0.0992 e. The van der Waals surface area contributed by atoms with Gasteiger partial charge in [-0.1, -0.05) is 12.8 Å². The second-order valence-electron chi connectivity index (χ2n) is 4.76. The third-order valence-electron chi connectivity index (χ3n) is 3.56. The van der Waals surface area contributed by atoms with E-state index in [2.05, 4.69) is 11.0 Å². The molecule has 0 amide bonds. The first-order valence-electron chi connectivity index (χ1n) is 6.43. The van der Waals surface area contributed by atoms with E-state index in [0.717, 1.165) is 31.5 Å². The summed E-state index contributed by atoms with van der Waals surface area (Å²) in [6, 6.07) is 7.57. The molecule has 96 valence electrons. The molecule has 3 N–H and O–H groups in total. The Balaban J connectivity index is 2.35. The monoisotopic (exact) mass is 245 g/mol. The molecule has 1 aliphatic rings. The van der Waals surface area contributed by atoms with Gasteiger partial charge in [-0.15, -0.1) is 0 Å². The lowest BCUT2D eigenvalue weighted by Crippen LogP contribution is -2.38. The molecule has 1 aliphatic heterocycles. The third kappa shape index (κ3) is 2.57. The zero-order valence-electron chi connectivity index (χ0n) is 10.5. The normalized spacial score (nSPS) is 20.2. The summed E-state index contributed by atoms with van der Waals surface area (Å²) in [5, 5.41) is 18.5. The minimum absolute atomic E-state index is 0.115. The lowest BCUT2D eigenvalue weighted by molar-refractivity contribution is 0.255. The number of hydrogen-bond acceptors (Lipinski definition) is 4. The first kappa shape index (κ1) is 12.7. The smallest absolute Gasteiger partial charge is 0.0992 e. The molecule has 1 fully saturated rings. The SMILES string of the molecule is N#Cc1ccc(N)c(N2CCCCCC2CO)c1. The fourth-order valence-corrected chi connectivity index (χ4v) is 2.55. The van der Waals surface area contributed by atoms with Gasteiger partial charge < -0.3 is 15.7 Å². The van der Waals surface area contributed by atoms with Gasteiger partial charge in [-0.05, 0) is 31.0 Å². The number of benzene rings is 1. The number of aliphatic hydroxyl groups is 1. The predicted molar refractivity (Wildman–Crippen MR) is 72.3 cm³/mol. The Morgan fingerprint density at radius 2 is 2.22 bits per heavy atom. The van der Waals surface area contributed by atoms with E-state index in [1.54, 1.807) is 12.1 Å². The van der Waals surface area contributed by atoms with Crippen molar-refractivity contribution in [1.82, 2.24) is 0 Å². The molecule has 18 heavy (non-hydrogen) atoms. The highest BCUT2D eigenvalue weighted by Gasteiger charge is 2.22. The summed E-state index contributed by atoms with van der Waals surface area (Å²) in [6.45, 7) is 1.03. The maximum absolute atomic E-state index is 9.52. The quantitative estimate of drug-likeness (QED) is 0.780. The van der Waals surface area contributed by atoms with E-state index >= 15 is 0 Å². The minimum atomic E-state index is 0.115. The Hall–Kier alpha value is -1.73. The summed E-state index contributed by atoms with van der Waals surface area (Å²) < 4.78 is 0. The summed E-state index contributed by atoms with van der Waals surface area (Å²) >= 11 is 0. The van der Waals surface area contributed by atoms with Gasteiger partial charge in [-0.3, -0.25) is 0 Å². The standard InChI is InChI=1S/C14H19N3O/c15-9-11-5-6-13(16)14(8-11)17-7-3-1-2-4-12(17)10-18/h5-6,8,12,18H,1-4,7,10,16H2. The summed E-state index contributed by atoms with van der Waals surface area (Å²) in [6.07, 6.45) is 4.41. The van der Waals surface area contributed by atoms with Crippen molar-refractivity contribution in [3.05, 3.63) is 23.8 Å².